The van der Waals surface area contributed by atoms with Gasteiger partial charge < -0.3 is 9.80 Å². The van der Waals surface area contributed by atoms with Gasteiger partial charge in [0.05, 0.1) is 17.1 Å². The summed E-state index contributed by atoms with van der Waals surface area (Å²) in [7, 11) is 4.06. The molecule has 1 aromatic heterocycles. The third-order valence-corrected chi connectivity index (χ3v) is 7.06. The number of alkyl halides is 3. The second kappa shape index (κ2) is 10.5. The smallest absolute Gasteiger partial charge is 0.339 e. The summed E-state index contributed by atoms with van der Waals surface area (Å²) in [4.78, 5) is 16.0. The lowest BCUT2D eigenvalue weighted by molar-refractivity contribution is -0.137. The van der Waals surface area contributed by atoms with E-state index in [1.165, 1.54) is 18.2 Å². The van der Waals surface area contributed by atoms with E-state index < -0.39 is 11.7 Å². The summed E-state index contributed by atoms with van der Waals surface area (Å²) in [5.41, 5.74) is 1.81. The summed E-state index contributed by atoms with van der Waals surface area (Å²) in [5, 5.41) is 5.90. The van der Waals surface area contributed by atoms with Crippen molar-refractivity contribution >= 4 is 16.8 Å². The van der Waals surface area contributed by atoms with Crippen molar-refractivity contribution in [1.82, 2.24) is 19.6 Å². The number of aromatic nitrogens is 2. The number of amides is 1. The number of piperidine rings is 1. The van der Waals surface area contributed by atoms with Crippen LogP contribution in [-0.4, -0.2) is 59.2 Å². The van der Waals surface area contributed by atoms with Crippen LogP contribution in [-0.2, 0) is 11.0 Å². The minimum Gasteiger partial charge on any atom is -0.339 e. The van der Waals surface area contributed by atoms with Crippen molar-refractivity contribution in [2.75, 3.05) is 33.7 Å². The zero-order valence-electron chi connectivity index (χ0n) is 21.1. The Morgan fingerprint density at radius 3 is 2.53 bits per heavy atom. The Labute approximate surface area is 210 Å². The quantitative estimate of drug-likeness (QED) is 0.368. The lowest BCUT2D eigenvalue weighted by atomic mass is 9.90. The first-order chi connectivity index (χ1) is 17.1. The first-order valence-electron chi connectivity index (χ1n) is 12.3. The number of halogens is 3. The average Bonchev–Trinajstić information content (AvgIpc) is 3.25. The van der Waals surface area contributed by atoms with E-state index in [0.29, 0.717) is 24.2 Å². The molecule has 192 valence electrons. The van der Waals surface area contributed by atoms with E-state index in [2.05, 4.69) is 23.1 Å². The van der Waals surface area contributed by atoms with Crippen molar-refractivity contribution in [3.8, 4) is 11.1 Å². The van der Waals surface area contributed by atoms with Crippen LogP contribution in [0.2, 0.25) is 0 Å². The molecule has 0 radical (unpaired) electrons. The number of hydrogen-bond acceptors (Lipinski definition) is 3. The van der Waals surface area contributed by atoms with Crippen LogP contribution in [0.5, 0.6) is 0 Å². The zero-order valence-corrected chi connectivity index (χ0v) is 21.1. The highest BCUT2D eigenvalue weighted by Crippen LogP contribution is 2.40. The Hall–Kier alpha value is -3.13. The highest BCUT2D eigenvalue weighted by molar-refractivity contribution is 5.88. The average molecular weight is 499 g/mol. The SMILES string of the molecule is C=CC(=O)N1CCC(c2c3ccc(-c4ccccc4C(F)(F)F)cc3nn2C(C)CCN(C)C)CC1. The molecule has 2 heterocycles. The van der Waals surface area contributed by atoms with Crippen molar-refractivity contribution < 1.29 is 18.0 Å². The maximum absolute atomic E-state index is 13.7. The summed E-state index contributed by atoms with van der Waals surface area (Å²) in [6.45, 7) is 7.91. The van der Waals surface area contributed by atoms with Crippen LogP contribution in [0.15, 0.2) is 55.1 Å². The lowest BCUT2D eigenvalue weighted by Crippen LogP contribution is -2.37. The molecule has 2 aromatic carbocycles. The Balaban J connectivity index is 1.76. The molecule has 0 N–H and O–H groups in total. The number of carbonyl (C=O) groups excluding carboxylic acids is 1. The molecule has 1 amide bonds. The minimum absolute atomic E-state index is 0.0564. The van der Waals surface area contributed by atoms with Gasteiger partial charge in [-0.05, 0) is 76.2 Å². The fourth-order valence-electron chi connectivity index (χ4n) is 5.09. The van der Waals surface area contributed by atoms with Crippen LogP contribution in [0, 0.1) is 0 Å². The monoisotopic (exact) mass is 498 g/mol. The fourth-order valence-corrected chi connectivity index (χ4v) is 5.09. The van der Waals surface area contributed by atoms with Gasteiger partial charge in [0.2, 0.25) is 5.91 Å². The van der Waals surface area contributed by atoms with Gasteiger partial charge in [0.1, 0.15) is 0 Å². The third-order valence-electron chi connectivity index (χ3n) is 7.06. The van der Waals surface area contributed by atoms with Crippen LogP contribution >= 0.6 is 0 Å². The Kier molecular flexibility index (Phi) is 7.54. The van der Waals surface area contributed by atoms with Crippen LogP contribution in [0.1, 0.15) is 49.4 Å². The van der Waals surface area contributed by atoms with Crippen molar-refractivity contribution in [1.29, 1.82) is 0 Å². The molecule has 1 atom stereocenters. The number of carbonyl (C=O) groups is 1. The lowest BCUT2D eigenvalue weighted by Gasteiger charge is -2.32. The van der Waals surface area contributed by atoms with E-state index in [9.17, 15) is 18.0 Å². The summed E-state index contributed by atoms with van der Waals surface area (Å²) >= 11 is 0. The summed E-state index contributed by atoms with van der Waals surface area (Å²) in [5.74, 6) is 0.151. The molecular weight excluding hydrogens is 465 g/mol. The number of nitrogens with zero attached hydrogens (tertiary/aromatic N) is 4. The maximum Gasteiger partial charge on any atom is 0.417 e. The van der Waals surface area contributed by atoms with Gasteiger partial charge in [0, 0.05) is 30.1 Å². The highest BCUT2D eigenvalue weighted by Gasteiger charge is 2.34. The summed E-state index contributed by atoms with van der Waals surface area (Å²) in [6.07, 6.45) is -0.582. The Bertz CT molecular complexity index is 1240. The Morgan fingerprint density at radius 2 is 1.89 bits per heavy atom. The second-order valence-electron chi connectivity index (χ2n) is 9.85. The fraction of sp³-hybridized carbons (Fsp3) is 0.429. The first-order valence-corrected chi connectivity index (χ1v) is 12.3. The van der Waals surface area contributed by atoms with E-state index in [4.69, 9.17) is 5.10 Å². The van der Waals surface area contributed by atoms with Gasteiger partial charge in [-0.2, -0.15) is 18.3 Å². The van der Waals surface area contributed by atoms with Crippen LogP contribution in [0.4, 0.5) is 13.2 Å². The third kappa shape index (κ3) is 5.33. The molecule has 0 saturated carbocycles. The number of benzene rings is 2. The maximum atomic E-state index is 13.7. The van der Waals surface area contributed by atoms with E-state index in [1.807, 2.05) is 25.1 Å². The van der Waals surface area contributed by atoms with Gasteiger partial charge in [-0.25, -0.2) is 0 Å². The van der Waals surface area contributed by atoms with E-state index in [1.54, 1.807) is 18.2 Å². The van der Waals surface area contributed by atoms with Crippen molar-refractivity contribution in [3.05, 3.63) is 66.4 Å². The van der Waals surface area contributed by atoms with Crippen LogP contribution < -0.4 is 0 Å². The predicted octanol–water partition coefficient (Wildman–Crippen LogP) is 6.13. The van der Waals surface area contributed by atoms with Gasteiger partial charge in [-0.15, -0.1) is 0 Å². The molecule has 36 heavy (non-hydrogen) atoms. The Morgan fingerprint density at radius 1 is 1.19 bits per heavy atom. The predicted molar refractivity (Wildman–Crippen MR) is 137 cm³/mol. The second-order valence-corrected chi connectivity index (χ2v) is 9.85. The van der Waals surface area contributed by atoms with Gasteiger partial charge in [0.15, 0.2) is 0 Å². The largest absolute Gasteiger partial charge is 0.417 e. The number of likely N-dealkylation sites (tertiary alicyclic amines) is 1. The van der Waals surface area contributed by atoms with Gasteiger partial charge >= 0.3 is 6.18 Å². The van der Waals surface area contributed by atoms with E-state index in [-0.39, 0.29) is 23.4 Å². The number of hydrogen-bond donors (Lipinski definition) is 0. The van der Waals surface area contributed by atoms with Crippen molar-refractivity contribution in [2.24, 2.45) is 0 Å². The molecule has 8 heteroatoms. The normalized spacial score (nSPS) is 16.0. The molecular formula is C28H33F3N4O. The van der Waals surface area contributed by atoms with Gasteiger partial charge in [-0.3, -0.25) is 9.48 Å². The molecule has 1 aliphatic heterocycles. The van der Waals surface area contributed by atoms with Gasteiger partial charge in [0.25, 0.3) is 0 Å². The van der Waals surface area contributed by atoms with Gasteiger partial charge in [-0.1, -0.05) is 36.9 Å². The minimum atomic E-state index is -4.44. The number of fused-ring (bicyclic) bond motifs is 1. The molecule has 0 bridgehead atoms. The van der Waals surface area contributed by atoms with Crippen molar-refractivity contribution in [3.63, 3.8) is 0 Å². The molecule has 1 saturated heterocycles. The number of rotatable bonds is 7. The molecule has 0 spiro atoms. The van der Waals surface area contributed by atoms with E-state index >= 15 is 0 Å². The molecule has 0 aliphatic carbocycles. The summed E-state index contributed by atoms with van der Waals surface area (Å²) in [6, 6.07) is 11.2. The molecule has 1 fully saturated rings. The summed E-state index contributed by atoms with van der Waals surface area (Å²) < 4.78 is 43.1. The molecule has 4 rings (SSSR count). The first kappa shape index (κ1) is 25.9. The molecule has 1 aliphatic rings. The van der Waals surface area contributed by atoms with Crippen LogP contribution in [0.3, 0.4) is 0 Å². The molecule has 1 unspecified atom stereocenters. The standard InChI is InChI=1S/C28H33F3N4O/c1-5-26(36)34-16-13-20(14-17-34)27-23-11-10-21(22-8-6-7-9-24(22)28(29,30)31)18-25(23)32-35(27)19(2)12-15-33(3)4/h5-11,18-20H,1,12-17H2,2-4H3. The highest BCUT2D eigenvalue weighted by atomic mass is 19.4. The molecule has 5 nitrogen and oxygen atoms in total. The van der Waals surface area contributed by atoms with Crippen molar-refractivity contribution in [2.45, 2.75) is 44.3 Å². The van der Waals surface area contributed by atoms with E-state index in [0.717, 1.165) is 43.0 Å². The zero-order chi connectivity index (χ0) is 26.0. The molecule has 3 aromatic rings. The topological polar surface area (TPSA) is 41.4 Å². The van der Waals surface area contributed by atoms with Crippen LogP contribution in [0.25, 0.3) is 22.0 Å².